The molecule has 3 heterocycles. The van der Waals surface area contributed by atoms with Gasteiger partial charge in [0.05, 0.1) is 5.69 Å². The molecular weight excluding hydrogens is 522 g/mol. The number of anilines is 1. The third-order valence-electron chi connectivity index (χ3n) is 8.80. The van der Waals surface area contributed by atoms with E-state index in [1.165, 1.54) is 36.2 Å². The number of rotatable bonds is 8. The molecule has 8 heteroatoms. The number of thiophene rings is 1. The summed E-state index contributed by atoms with van der Waals surface area (Å²) >= 11 is 1.32. The quantitative estimate of drug-likeness (QED) is 0.368. The van der Waals surface area contributed by atoms with E-state index in [1.807, 2.05) is 17.2 Å². The van der Waals surface area contributed by atoms with Crippen LogP contribution in [0, 0.1) is 5.92 Å². The Morgan fingerprint density at radius 3 is 2.38 bits per heavy atom. The summed E-state index contributed by atoms with van der Waals surface area (Å²) < 4.78 is 6.36. The van der Waals surface area contributed by atoms with Gasteiger partial charge in [0, 0.05) is 35.6 Å². The standard InChI is InChI=1S/C32H45N3O4S/c1-32(2,3)27-20-26(29(40-27)31(37)38)35(30(36)23-9-5-4-6-10-23)24-11-13-25(14-12-24)39-28-19-22(15-16-33-28)21-34-17-7-8-18-34/h15-16,19-20,23-25H,4-14,17-18,21H2,1-3H3,(H,37,38). The molecular formula is C32H45N3O4S. The number of nitrogens with zero attached hydrogens (tertiary/aromatic N) is 3. The molecule has 0 spiro atoms. The SMILES string of the molecule is CC(C)(C)c1cc(N(C(=O)C2CCCCC2)C2CCC(Oc3cc(CN4CCCC4)ccn3)CC2)c(C(=O)O)s1. The number of aromatic carboxylic acids is 1. The monoisotopic (exact) mass is 567 g/mol. The Morgan fingerprint density at radius 2 is 1.73 bits per heavy atom. The fraction of sp³-hybridized carbons (Fsp3) is 0.656. The first-order valence-electron chi connectivity index (χ1n) is 15.2. The van der Waals surface area contributed by atoms with Crippen molar-refractivity contribution in [1.82, 2.24) is 9.88 Å². The van der Waals surface area contributed by atoms with E-state index in [1.54, 1.807) is 0 Å². The molecule has 2 aliphatic carbocycles. The highest BCUT2D eigenvalue weighted by Crippen LogP contribution is 2.41. The zero-order valence-electron chi connectivity index (χ0n) is 24.4. The molecule has 3 fully saturated rings. The maximum atomic E-state index is 14.1. The van der Waals surface area contributed by atoms with E-state index < -0.39 is 5.97 Å². The number of amides is 1. The Labute approximate surface area is 242 Å². The molecule has 3 aliphatic rings. The van der Waals surface area contributed by atoms with Crippen LogP contribution in [0.3, 0.4) is 0 Å². The molecule has 0 unspecified atom stereocenters. The maximum absolute atomic E-state index is 14.1. The van der Waals surface area contributed by atoms with Crippen molar-refractivity contribution >= 4 is 28.9 Å². The molecule has 0 radical (unpaired) electrons. The second-order valence-electron chi connectivity index (χ2n) is 13.0. The summed E-state index contributed by atoms with van der Waals surface area (Å²) in [4.78, 5) is 36.6. The van der Waals surface area contributed by atoms with Gasteiger partial charge in [-0.15, -0.1) is 11.3 Å². The second-order valence-corrected chi connectivity index (χ2v) is 14.0. The number of carboxylic acids is 1. The summed E-state index contributed by atoms with van der Waals surface area (Å²) in [6, 6.07) is 6.10. The largest absolute Gasteiger partial charge is 0.477 e. The molecule has 40 heavy (non-hydrogen) atoms. The highest BCUT2D eigenvalue weighted by molar-refractivity contribution is 7.14. The predicted molar refractivity (Wildman–Crippen MR) is 159 cm³/mol. The summed E-state index contributed by atoms with van der Waals surface area (Å²) in [7, 11) is 0. The maximum Gasteiger partial charge on any atom is 0.348 e. The Hall–Kier alpha value is -2.45. The predicted octanol–water partition coefficient (Wildman–Crippen LogP) is 7.04. The van der Waals surface area contributed by atoms with Gasteiger partial charge in [0.1, 0.15) is 11.0 Å². The summed E-state index contributed by atoms with van der Waals surface area (Å²) in [5.74, 6) is -0.184. The Bertz CT molecular complexity index is 1170. The van der Waals surface area contributed by atoms with Gasteiger partial charge in [-0.2, -0.15) is 0 Å². The number of likely N-dealkylation sites (tertiary alicyclic amines) is 1. The molecule has 1 amide bonds. The van der Waals surface area contributed by atoms with Crippen molar-refractivity contribution in [2.75, 3.05) is 18.0 Å². The highest BCUT2D eigenvalue weighted by atomic mass is 32.1. The van der Waals surface area contributed by atoms with Crippen LogP contribution in [0.2, 0.25) is 0 Å². The van der Waals surface area contributed by atoms with Crippen molar-refractivity contribution in [3.05, 3.63) is 39.7 Å². The highest BCUT2D eigenvalue weighted by Gasteiger charge is 2.38. The Morgan fingerprint density at radius 1 is 1.02 bits per heavy atom. The zero-order valence-corrected chi connectivity index (χ0v) is 25.2. The number of ether oxygens (including phenoxy) is 1. The normalized spacial score (nSPS) is 22.8. The van der Waals surface area contributed by atoms with Crippen molar-refractivity contribution in [2.24, 2.45) is 5.92 Å². The van der Waals surface area contributed by atoms with Crippen molar-refractivity contribution in [1.29, 1.82) is 0 Å². The fourth-order valence-electron chi connectivity index (χ4n) is 6.53. The molecule has 5 rings (SSSR count). The lowest BCUT2D eigenvalue weighted by Gasteiger charge is -2.39. The van der Waals surface area contributed by atoms with Gasteiger partial charge in [0.25, 0.3) is 0 Å². The van der Waals surface area contributed by atoms with Crippen LogP contribution in [0.5, 0.6) is 5.88 Å². The van der Waals surface area contributed by atoms with E-state index in [0.717, 1.165) is 75.9 Å². The topological polar surface area (TPSA) is 83.0 Å². The summed E-state index contributed by atoms with van der Waals surface area (Å²) in [5, 5.41) is 10.1. The van der Waals surface area contributed by atoms with Crippen LogP contribution in [0.1, 0.15) is 112 Å². The Balaban J connectivity index is 1.32. The lowest BCUT2D eigenvalue weighted by molar-refractivity contribution is -0.124. The fourth-order valence-corrected chi connectivity index (χ4v) is 7.57. The van der Waals surface area contributed by atoms with Gasteiger partial charge in [-0.05, 0) is 87.6 Å². The van der Waals surface area contributed by atoms with Crippen molar-refractivity contribution < 1.29 is 19.4 Å². The zero-order chi connectivity index (χ0) is 28.3. The molecule has 0 aromatic carbocycles. The van der Waals surface area contributed by atoms with Crippen molar-refractivity contribution in [3.8, 4) is 5.88 Å². The van der Waals surface area contributed by atoms with E-state index in [9.17, 15) is 14.7 Å². The molecule has 1 saturated heterocycles. The second kappa shape index (κ2) is 12.6. The number of aromatic nitrogens is 1. The van der Waals surface area contributed by atoms with Crippen molar-refractivity contribution in [3.63, 3.8) is 0 Å². The number of carbonyl (C=O) groups is 2. The summed E-state index contributed by atoms with van der Waals surface area (Å²) in [6.07, 6.45) is 12.7. The van der Waals surface area contributed by atoms with Crippen LogP contribution in [0.4, 0.5) is 5.69 Å². The average Bonchev–Trinajstić information content (AvgIpc) is 3.61. The van der Waals surface area contributed by atoms with E-state index in [-0.39, 0.29) is 34.3 Å². The Kier molecular flexibility index (Phi) is 9.15. The van der Waals surface area contributed by atoms with Gasteiger partial charge in [0.15, 0.2) is 0 Å². The lowest BCUT2D eigenvalue weighted by Crippen LogP contribution is -2.47. The third kappa shape index (κ3) is 6.88. The smallest absolute Gasteiger partial charge is 0.348 e. The first kappa shape index (κ1) is 29.1. The molecule has 1 aliphatic heterocycles. The molecule has 0 bridgehead atoms. The van der Waals surface area contributed by atoms with E-state index >= 15 is 0 Å². The van der Waals surface area contributed by atoms with Crippen LogP contribution < -0.4 is 9.64 Å². The van der Waals surface area contributed by atoms with E-state index in [2.05, 4.69) is 42.8 Å². The number of carbonyl (C=O) groups excluding carboxylic acids is 1. The molecule has 0 atom stereocenters. The van der Waals surface area contributed by atoms with Gasteiger partial charge in [0.2, 0.25) is 11.8 Å². The van der Waals surface area contributed by atoms with Crippen LogP contribution in [-0.4, -0.2) is 52.1 Å². The number of hydrogen-bond acceptors (Lipinski definition) is 6. The molecule has 2 aromatic heterocycles. The number of hydrogen-bond donors (Lipinski definition) is 1. The van der Waals surface area contributed by atoms with E-state index in [0.29, 0.717) is 11.6 Å². The number of carboxylic acid groups (broad SMARTS) is 1. The summed E-state index contributed by atoms with van der Waals surface area (Å²) in [6.45, 7) is 9.54. The summed E-state index contributed by atoms with van der Waals surface area (Å²) in [5.41, 5.74) is 1.64. The number of pyridine rings is 1. The molecule has 7 nitrogen and oxygen atoms in total. The van der Waals surface area contributed by atoms with Crippen LogP contribution >= 0.6 is 11.3 Å². The minimum absolute atomic E-state index is 0.0232. The van der Waals surface area contributed by atoms with Crippen LogP contribution in [0.25, 0.3) is 0 Å². The first-order chi connectivity index (χ1) is 19.2. The molecule has 1 N–H and O–H groups in total. The van der Waals surface area contributed by atoms with Gasteiger partial charge in [-0.3, -0.25) is 9.69 Å². The average molecular weight is 568 g/mol. The van der Waals surface area contributed by atoms with Gasteiger partial charge in [-0.1, -0.05) is 40.0 Å². The lowest BCUT2D eigenvalue weighted by atomic mass is 9.85. The minimum atomic E-state index is -0.950. The molecule has 2 aromatic rings. The van der Waals surface area contributed by atoms with Crippen LogP contribution in [-0.2, 0) is 16.8 Å². The minimum Gasteiger partial charge on any atom is -0.477 e. The van der Waals surface area contributed by atoms with Crippen molar-refractivity contribution in [2.45, 2.75) is 116 Å². The van der Waals surface area contributed by atoms with Gasteiger partial charge in [-0.25, -0.2) is 9.78 Å². The first-order valence-corrected chi connectivity index (χ1v) is 16.1. The van der Waals surface area contributed by atoms with Gasteiger partial charge >= 0.3 is 5.97 Å². The third-order valence-corrected chi connectivity index (χ3v) is 10.3. The molecule has 2 saturated carbocycles. The van der Waals surface area contributed by atoms with Crippen LogP contribution in [0.15, 0.2) is 24.4 Å². The van der Waals surface area contributed by atoms with Gasteiger partial charge < -0.3 is 14.7 Å². The molecule has 218 valence electrons. The van der Waals surface area contributed by atoms with E-state index in [4.69, 9.17) is 4.74 Å².